The van der Waals surface area contributed by atoms with Crippen LogP contribution >= 0.6 is 22.6 Å². The van der Waals surface area contributed by atoms with Crippen LogP contribution in [0, 0.1) is 0 Å². The fourth-order valence-electron chi connectivity index (χ4n) is 5.22. The normalized spacial score (nSPS) is 29.6. The van der Waals surface area contributed by atoms with E-state index in [2.05, 4.69) is 133 Å². The van der Waals surface area contributed by atoms with Crippen LogP contribution in [0.15, 0.2) is 65.2 Å². The summed E-state index contributed by atoms with van der Waals surface area (Å²) in [4.78, 5) is 0. The van der Waals surface area contributed by atoms with E-state index in [1.54, 1.807) is 0 Å². The van der Waals surface area contributed by atoms with Crippen molar-refractivity contribution in [2.75, 3.05) is 63.9 Å². The Hall–Kier alpha value is -1.24. The number of nitrogens with zero attached hydrogens (tertiary/aromatic N) is 7. The van der Waals surface area contributed by atoms with Gasteiger partial charge in [-0.3, -0.25) is 9.34 Å². The van der Waals surface area contributed by atoms with Gasteiger partial charge < -0.3 is 0 Å². The number of rotatable bonds is 2. The third kappa shape index (κ3) is 3.09. The van der Waals surface area contributed by atoms with Crippen LogP contribution in [0.5, 0.6) is 0 Å². The van der Waals surface area contributed by atoms with Crippen LogP contribution in [0.4, 0.5) is 11.4 Å². The minimum absolute atomic E-state index is 1.02. The highest BCUT2D eigenvalue weighted by Gasteiger charge is 2.65. The number of likely N-dealkylation sites (N-methyl/N-ethyl adjacent to an activating group) is 4. The van der Waals surface area contributed by atoms with Gasteiger partial charge in [0.25, 0.3) is 7.51 Å². The third-order valence-electron chi connectivity index (χ3n) is 7.06. The van der Waals surface area contributed by atoms with Gasteiger partial charge >= 0.3 is 7.71 Å². The summed E-state index contributed by atoms with van der Waals surface area (Å²) in [6, 6.07) is 21.4. The Kier molecular flexibility index (Phi) is 5.32. The molecule has 2 aromatic carbocycles. The summed E-state index contributed by atoms with van der Waals surface area (Å²) in [5.41, 5.74) is 4.93. The highest BCUT2D eigenvalue weighted by molar-refractivity contribution is 8.03. The fraction of sp³-hybridized carbons (Fsp3) is 0.381. The lowest BCUT2D eigenvalue weighted by atomic mass is 10.3. The quantitative estimate of drug-likeness (QED) is 0.595. The highest BCUT2D eigenvalue weighted by Crippen LogP contribution is 2.81. The zero-order chi connectivity index (χ0) is 22.8. The van der Waals surface area contributed by atoms with E-state index in [9.17, 15) is 0 Å². The smallest absolute Gasteiger partial charge is 0.254 e. The fourth-order valence-corrected chi connectivity index (χ4v) is 20.4. The number of hydrogen-bond acceptors (Lipinski definition) is 9. The number of anilines is 2. The first kappa shape index (κ1) is 22.2. The second-order valence-corrected chi connectivity index (χ2v) is 18.3. The maximum absolute atomic E-state index is 5.79. The first-order chi connectivity index (χ1) is 15.9. The van der Waals surface area contributed by atoms with Crippen molar-refractivity contribution in [3.05, 3.63) is 60.7 Å². The monoisotopic (exact) mass is 504 g/mol. The molecule has 0 radical (unpaired) electrons. The summed E-state index contributed by atoms with van der Waals surface area (Å²) < 4.78 is 20.6. The molecule has 0 saturated carbocycles. The van der Waals surface area contributed by atoms with Gasteiger partial charge in [0, 0.05) is 26.2 Å². The predicted molar refractivity (Wildman–Crippen MR) is 144 cm³/mol. The Bertz CT molecular complexity index is 1040. The highest BCUT2D eigenvalue weighted by atomic mass is 31.3. The predicted octanol–water partition coefficient (Wildman–Crippen LogP) is 4.02. The molecule has 0 amide bonds. The minimum Gasteiger partial charge on any atom is -0.254 e. The Morgan fingerprint density at radius 1 is 0.667 bits per heavy atom. The van der Waals surface area contributed by atoms with E-state index < -0.39 is 22.6 Å². The third-order valence-corrected chi connectivity index (χ3v) is 19.5. The SMILES string of the molecule is CN1CCN(C)P12=C[P+]1(N=P3(N(C)CCN3C)N(c3ccccc3)N1)NN2c1ccccc1. The summed E-state index contributed by atoms with van der Waals surface area (Å²) in [5, 5.41) is 7.96. The van der Waals surface area contributed by atoms with Crippen LogP contribution in [0.3, 0.4) is 0 Å². The van der Waals surface area contributed by atoms with Crippen LogP contribution in [0.25, 0.3) is 0 Å². The molecule has 2 fully saturated rings. The van der Waals surface area contributed by atoms with Crippen LogP contribution in [0.2, 0.25) is 0 Å². The van der Waals surface area contributed by atoms with Crippen molar-refractivity contribution in [3.8, 4) is 0 Å². The van der Waals surface area contributed by atoms with Crippen LogP contribution in [-0.4, -0.2) is 78.6 Å². The molecule has 3 spiro atoms. The topological polar surface area (TPSA) is 55.9 Å². The molecule has 4 aliphatic rings. The average molecular weight is 504 g/mol. The number of hydrogen-bond donors (Lipinski definition) is 2. The lowest BCUT2D eigenvalue weighted by molar-refractivity contribution is 0.553. The van der Waals surface area contributed by atoms with Crippen LogP contribution in [-0.2, 0) is 0 Å². The molecule has 2 N–H and O–H groups in total. The lowest BCUT2D eigenvalue weighted by Crippen LogP contribution is -2.40. The number of hydrazine groups is 2. The molecule has 0 bridgehead atoms. The van der Waals surface area contributed by atoms with Gasteiger partial charge in [0.1, 0.15) is 0 Å². The lowest BCUT2D eigenvalue weighted by Gasteiger charge is -2.37. The average Bonchev–Trinajstić information content (AvgIpc) is 3.53. The molecule has 9 nitrogen and oxygen atoms in total. The first-order valence-electron chi connectivity index (χ1n) is 11.3. The molecular formula is C21H33N9P3+. The molecule has 33 heavy (non-hydrogen) atoms. The number of para-hydroxylation sites is 2. The van der Waals surface area contributed by atoms with Gasteiger partial charge in [0.15, 0.2) is 12.9 Å². The zero-order valence-corrected chi connectivity index (χ0v) is 22.3. The maximum Gasteiger partial charge on any atom is 0.342 e. The standard InChI is InChI=1S/C21H33N9P3/c1-25-15-16-26(2)32(25)19-31(22-29(32)20-11-7-5-8-12-20)23-30(21-13-9-6-10-14-21)33(24-31)27(3)17-18-28(33)4/h5-14,19,22-23H,15-18H2,1-4H3/q+1. The molecule has 176 valence electrons. The van der Waals surface area contributed by atoms with Gasteiger partial charge in [-0.15, -0.1) is 0 Å². The first-order valence-corrected chi connectivity index (χ1v) is 16.5. The van der Waals surface area contributed by atoms with E-state index in [-0.39, 0.29) is 0 Å². The van der Waals surface area contributed by atoms with E-state index in [0.717, 1.165) is 26.2 Å². The molecule has 6 rings (SSSR count). The van der Waals surface area contributed by atoms with Gasteiger partial charge in [-0.05, 0) is 57.0 Å². The molecule has 0 aromatic heterocycles. The van der Waals surface area contributed by atoms with Crippen molar-refractivity contribution in [2.45, 2.75) is 0 Å². The molecule has 2 saturated heterocycles. The van der Waals surface area contributed by atoms with E-state index >= 15 is 0 Å². The molecule has 4 aliphatic heterocycles. The van der Waals surface area contributed by atoms with Crippen molar-refractivity contribution < 1.29 is 0 Å². The molecule has 12 heteroatoms. The number of nitrogens with one attached hydrogen (secondary N) is 2. The Morgan fingerprint density at radius 2 is 1.12 bits per heavy atom. The second kappa shape index (κ2) is 7.89. The molecule has 2 aromatic rings. The van der Waals surface area contributed by atoms with Crippen molar-refractivity contribution in [1.29, 1.82) is 0 Å². The van der Waals surface area contributed by atoms with Gasteiger partial charge in [-0.25, -0.2) is 18.9 Å². The summed E-state index contributed by atoms with van der Waals surface area (Å²) in [5.74, 6) is 0. The van der Waals surface area contributed by atoms with Gasteiger partial charge in [-0.1, -0.05) is 46.8 Å². The summed E-state index contributed by atoms with van der Waals surface area (Å²) >= 11 is 0. The molecule has 1 unspecified atom stereocenters. The van der Waals surface area contributed by atoms with Crippen molar-refractivity contribution in [3.63, 3.8) is 0 Å². The van der Waals surface area contributed by atoms with E-state index in [4.69, 9.17) is 4.52 Å². The van der Waals surface area contributed by atoms with Gasteiger partial charge in [0.05, 0.1) is 11.4 Å². The van der Waals surface area contributed by atoms with Crippen LogP contribution < -0.4 is 20.0 Å². The summed E-state index contributed by atoms with van der Waals surface area (Å²) in [6.07, 6.45) is 0. The van der Waals surface area contributed by atoms with E-state index in [0.29, 0.717) is 0 Å². The van der Waals surface area contributed by atoms with Gasteiger partial charge in [0.2, 0.25) is 0 Å². The van der Waals surface area contributed by atoms with E-state index in [1.807, 2.05) is 0 Å². The van der Waals surface area contributed by atoms with E-state index in [1.165, 1.54) is 11.4 Å². The zero-order valence-electron chi connectivity index (χ0n) is 19.7. The molecule has 4 heterocycles. The minimum atomic E-state index is -2.24. The van der Waals surface area contributed by atoms with Crippen molar-refractivity contribution in [2.24, 2.45) is 4.52 Å². The van der Waals surface area contributed by atoms with Crippen molar-refractivity contribution in [1.82, 2.24) is 29.1 Å². The summed E-state index contributed by atoms with van der Waals surface area (Å²) in [7, 11) is 2.69. The summed E-state index contributed by atoms with van der Waals surface area (Å²) in [6.45, 7) is 4.13. The largest absolute Gasteiger partial charge is 0.342 e. The Morgan fingerprint density at radius 3 is 1.67 bits per heavy atom. The number of benzene rings is 2. The Labute approximate surface area is 197 Å². The van der Waals surface area contributed by atoms with Crippen molar-refractivity contribution >= 4 is 39.5 Å². The maximum atomic E-state index is 5.79. The molecular weight excluding hydrogens is 471 g/mol. The van der Waals surface area contributed by atoms with Gasteiger partial charge in [-0.2, -0.15) is 0 Å². The van der Waals surface area contributed by atoms with Crippen LogP contribution in [0.1, 0.15) is 0 Å². The molecule has 1 atom stereocenters. The Balaban J connectivity index is 1.56. The second-order valence-electron chi connectivity index (χ2n) is 9.06. The molecule has 0 aliphatic carbocycles.